The van der Waals surface area contributed by atoms with E-state index in [-0.39, 0.29) is 0 Å². The lowest BCUT2D eigenvalue weighted by atomic mass is 10.5. The number of rotatable bonds is 3. The Morgan fingerprint density at radius 3 is 2.62 bits per heavy atom. The minimum absolute atomic E-state index is 0.401. The molecular weight excluding hydrogens is 104 g/mol. The van der Waals surface area contributed by atoms with E-state index < -0.39 is 0 Å². The van der Waals surface area contributed by atoms with Crippen LogP contribution in [-0.4, -0.2) is 31.6 Å². The van der Waals surface area contributed by atoms with Crippen molar-refractivity contribution in [2.45, 2.75) is 6.42 Å². The van der Waals surface area contributed by atoms with Gasteiger partial charge in [0.2, 0.25) is 0 Å². The van der Waals surface area contributed by atoms with Crippen molar-refractivity contribution >= 4 is 12.5 Å². The molecule has 0 aliphatic carbocycles. The van der Waals surface area contributed by atoms with Gasteiger partial charge in [-0.15, -0.1) is 0 Å². The molecule has 0 aromatic carbocycles. The molecule has 0 atom stereocenters. The van der Waals surface area contributed by atoms with Crippen molar-refractivity contribution in [2.75, 3.05) is 14.1 Å². The van der Waals surface area contributed by atoms with E-state index in [2.05, 4.69) is 5.10 Å². The summed E-state index contributed by atoms with van der Waals surface area (Å²) >= 11 is 0. The first kappa shape index (κ1) is 7.14. The second kappa shape index (κ2) is 4.30. The van der Waals surface area contributed by atoms with Crippen LogP contribution < -0.4 is 0 Å². The zero-order valence-corrected chi connectivity index (χ0v) is 5.16. The monoisotopic (exact) mass is 114 g/mol. The Labute approximate surface area is 49.0 Å². The lowest BCUT2D eigenvalue weighted by Gasteiger charge is -1.99. The van der Waals surface area contributed by atoms with E-state index >= 15 is 0 Å². The zero-order chi connectivity index (χ0) is 6.41. The van der Waals surface area contributed by atoms with Gasteiger partial charge in [-0.25, -0.2) is 0 Å². The number of nitrogens with zero attached hydrogens (tertiary/aromatic N) is 2. The Hall–Kier alpha value is -0.860. The van der Waals surface area contributed by atoms with Crippen molar-refractivity contribution in [3.8, 4) is 0 Å². The molecule has 0 saturated heterocycles. The van der Waals surface area contributed by atoms with Gasteiger partial charge in [0.1, 0.15) is 6.29 Å². The molecule has 0 saturated carbocycles. The highest BCUT2D eigenvalue weighted by atomic mass is 16.1. The molecule has 0 bridgehead atoms. The predicted octanol–water partition coefficient (Wildman–Crippen LogP) is 0.123. The van der Waals surface area contributed by atoms with Crippen LogP contribution in [0, 0.1) is 0 Å². The number of hydrazone groups is 1. The van der Waals surface area contributed by atoms with Crippen LogP contribution in [-0.2, 0) is 4.79 Å². The average Bonchev–Trinajstić information content (AvgIpc) is 1.66. The molecule has 0 rings (SSSR count). The summed E-state index contributed by atoms with van der Waals surface area (Å²) in [5.41, 5.74) is 0. The summed E-state index contributed by atoms with van der Waals surface area (Å²) in [5, 5.41) is 5.43. The normalized spacial score (nSPS) is 9.75. The van der Waals surface area contributed by atoms with Gasteiger partial charge in [-0.2, -0.15) is 5.10 Å². The number of hydrogen-bond donors (Lipinski definition) is 0. The molecule has 3 heteroatoms. The summed E-state index contributed by atoms with van der Waals surface area (Å²) in [5.74, 6) is 0. The molecule has 0 heterocycles. The first-order valence-electron chi connectivity index (χ1n) is 2.40. The van der Waals surface area contributed by atoms with Crippen molar-refractivity contribution in [3.63, 3.8) is 0 Å². The van der Waals surface area contributed by atoms with Crippen LogP contribution in [0.2, 0.25) is 0 Å². The number of hydrogen-bond acceptors (Lipinski definition) is 3. The molecule has 0 N–H and O–H groups in total. The standard InChI is InChI=1S/C5H10N2O/c1-7(2)6-4-3-5-8/h4-5H,3H2,1-2H3/b6-4+. The summed E-state index contributed by atoms with van der Waals surface area (Å²) in [7, 11) is 3.61. The lowest BCUT2D eigenvalue weighted by Crippen LogP contribution is -2.01. The summed E-state index contributed by atoms with van der Waals surface area (Å²) < 4.78 is 0. The number of carbonyl (C=O) groups excluding carboxylic acids is 1. The second-order valence-electron chi connectivity index (χ2n) is 1.55. The minimum Gasteiger partial charge on any atom is -0.303 e. The maximum Gasteiger partial charge on any atom is 0.125 e. The zero-order valence-electron chi connectivity index (χ0n) is 5.16. The van der Waals surface area contributed by atoms with Gasteiger partial charge >= 0.3 is 0 Å². The van der Waals surface area contributed by atoms with Crippen molar-refractivity contribution in [1.82, 2.24) is 5.01 Å². The summed E-state index contributed by atoms with van der Waals surface area (Å²) in [6.45, 7) is 0. The van der Waals surface area contributed by atoms with Crippen LogP contribution in [0.1, 0.15) is 6.42 Å². The highest BCUT2D eigenvalue weighted by Crippen LogP contribution is 1.72. The largest absolute Gasteiger partial charge is 0.303 e. The van der Waals surface area contributed by atoms with Gasteiger partial charge in [-0.3, -0.25) is 0 Å². The third-order valence-corrected chi connectivity index (χ3v) is 0.514. The van der Waals surface area contributed by atoms with Gasteiger partial charge in [0.25, 0.3) is 0 Å². The second-order valence-corrected chi connectivity index (χ2v) is 1.55. The van der Waals surface area contributed by atoms with Gasteiger partial charge in [-0.05, 0) is 0 Å². The van der Waals surface area contributed by atoms with Gasteiger partial charge in [0, 0.05) is 26.7 Å². The van der Waals surface area contributed by atoms with Crippen molar-refractivity contribution in [3.05, 3.63) is 0 Å². The maximum absolute atomic E-state index is 9.68. The third kappa shape index (κ3) is 5.14. The van der Waals surface area contributed by atoms with Crippen LogP contribution in [0.15, 0.2) is 5.10 Å². The van der Waals surface area contributed by atoms with Gasteiger partial charge in [-0.1, -0.05) is 0 Å². The van der Waals surface area contributed by atoms with Gasteiger partial charge in [0.05, 0.1) is 0 Å². The Morgan fingerprint density at radius 1 is 1.62 bits per heavy atom. The Bertz CT molecular complexity index is 88.4. The first-order chi connectivity index (χ1) is 3.77. The minimum atomic E-state index is 0.401. The third-order valence-electron chi connectivity index (χ3n) is 0.514. The van der Waals surface area contributed by atoms with E-state index in [1.54, 1.807) is 25.3 Å². The molecule has 0 aromatic heterocycles. The van der Waals surface area contributed by atoms with E-state index in [1.165, 1.54) is 0 Å². The topological polar surface area (TPSA) is 32.7 Å². The highest BCUT2D eigenvalue weighted by Gasteiger charge is 1.74. The molecule has 0 aliphatic heterocycles. The fourth-order valence-corrected chi connectivity index (χ4v) is 0.253. The highest BCUT2D eigenvalue weighted by molar-refractivity contribution is 5.75. The van der Waals surface area contributed by atoms with Crippen LogP contribution in [0.25, 0.3) is 0 Å². The molecular formula is C5H10N2O. The molecule has 46 valence electrons. The quantitative estimate of drug-likeness (QED) is 0.296. The Morgan fingerprint density at radius 2 is 2.25 bits per heavy atom. The average molecular weight is 114 g/mol. The molecule has 8 heavy (non-hydrogen) atoms. The van der Waals surface area contributed by atoms with E-state index in [0.29, 0.717) is 6.42 Å². The fraction of sp³-hybridized carbons (Fsp3) is 0.600. The van der Waals surface area contributed by atoms with Crippen LogP contribution in [0.5, 0.6) is 0 Å². The van der Waals surface area contributed by atoms with Crippen LogP contribution in [0.3, 0.4) is 0 Å². The van der Waals surface area contributed by atoms with E-state index in [9.17, 15) is 4.79 Å². The van der Waals surface area contributed by atoms with Crippen molar-refractivity contribution in [1.29, 1.82) is 0 Å². The SMILES string of the molecule is CN(C)/N=C/CC=O. The fourth-order valence-electron chi connectivity index (χ4n) is 0.253. The summed E-state index contributed by atoms with van der Waals surface area (Å²) in [6.07, 6.45) is 2.78. The molecule has 3 nitrogen and oxygen atoms in total. The Balaban J connectivity index is 3.19. The summed E-state index contributed by atoms with van der Waals surface area (Å²) in [4.78, 5) is 9.68. The molecule has 0 aliphatic rings. The predicted molar refractivity (Wildman–Crippen MR) is 32.9 cm³/mol. The Kier molecular flexibility index (Phi) is 3.84. The van der Waals surface area contributed by atoms with Gasteiger partial charge in [0.15, 0.2) is 0 Å². The lowest BCUT2D eigenvalue weighted by molar-refractivity contribution is -0.106. The molecule has 0 fully saturated rings. The van der Waals surface area contributed by atoms with Crippen LogP contribution in [0.4, 0.5) is 0 Å². The smallest absolute Gasteiger partial charge is 0.125 e. The number of aldehydes is 1. The first-order valence-corrected chi connectivity index (χ1v) is 2.40. The van der Waals surface area contributed by atoms with E-state index in [1.807, 2.05) is 0 Å². The molecule has 0 unspecified atom stereocenters. The molecule has 0 amide bonds. The van der Waals surface area contributed by atoms with Crippen LogP contribution >= 0.6 is 0 Å². The maximum atomic E-state index is 9.68. The van der Waals surface area contributed by atoms with Gasteiger partial charge < -0.3 is 9.80 Å². The van der Waals surface area contributed by atoms with E-state index in [0.717, 1.165) is 6.29 Å². The van der Waals surface area contributed by atoms with Crippen molar-refractivity contribution in [2.24, 2.45) is 5.10 Å². The molecule has 0 radical (unpaired) electrons. The number of carbonyl (C=O) groups is 1. The van der Waals surface area contributed by atoms with E-state index in [4.69, 9.17) is 0 Å². The van der Waals surface area contributed by atoms with Crippen molar-refractivity contribution < 1.29 is 4.79 Å². The molecule has 0 aromatic rings. The summed E-state index contributed by atoms with van der Waals surface area (Å²) in [6, 6.07) is 0. The molecule has 0 spiro atoms.